The Balaban J connectivity index is 2.70. The number of fused-ring (bicyclic) bond motifs is 1. The Labute approximate surface area is 102 Å². The first-order chi connectivity index (χ1) is 7.49. The average molecular weight is 302 g/mol. The van der Waals surface area contributed by atoms with Crippen LogP contribution < -0.4 is 0 Å². The van der Waals surface area contributed by atoms with Crippen molar-refractivity contribution in [1.82, 2.24) is 0 Å². The van der Waals surface area contributed by atoms with Crippen molar-refractivity contribution in [2.75, 3.05) is 0 Å². The van der Waals surface area contributed by atoms with E-state index in [1.54, 1.807) is 6.07 Å². The maximum Gasteiger partial charge on any atom is 0.345 e. The SMILES string of the molecule is O=C(O)c1cc2cc([N+](=O)[O-])c(Br)cc2s1. The Kier molecular flexibility index (Phi) is 2.64. The van der Waals surface area contributed by atoms with Crippen molar-refractivity contribution in [3.63, 3.8) is 0 Å². The lowest BCUT2D eigenvalue weighted by Crippen LogP contribution is -1.89. The fraction of sp³-hybridized carbons (Fsp3) is 0. The van der Waals surface area contributed by atoms with Gasteiger partial charge < -0.3 is 5.11 Å². The van der Waals surface area contributed by atoms with Gasteiger partial charge in [0.15, 0.2) is 0 Å². The number of hydrogen-bond acceptors (Lipinski definition) is 4. The monoisotopic (exact) mass is 301 g/mol. The van der Waals surface area contributed by atoms with Crippen LogP contribution in [0.3, 0.4) is 0 Å². The zero-order valence-corrected chi connectivity index (χ0v) is 10.0. The van der Waals surface area contributed by atoms with Crippen LogP contribution in [0.1, 0.15) is 9.67 Å². The summed E-state index contributed by atoms with van der Waals surface area (Å²) in [4.78, 5) is 21.1. The van der Waals surface area contributed by atoms with Crippen LogP contribution in [0.4, 0.5) is 5.69 Å². The summed E-state index contributed by atoms with van der Waals surface area (Å²) in [5.74, 6) is -1.03. The van der Waals surface area contributed by atoms with Gasteiger partial charge in [0.2, 0.25) is 0 Å². The van der Waals surface area contributed by atoms with Crippen molar-refractivity contribution in [3.8, 4) is 0 Å². The van der Waals surface area contributed by atoms with Gasteiger partial charge in [0.1, 0.15) is 4.88 Å². The van der Waals surface area contributed by atoms with Crippen molar-refractivity contribution in [2.45, 2.75) is 0 Å². The number of thiophene rings is 1. The van der Waals surface area contributed by atoms with Gasteiger partial charge in [0.25, 0.3) is 5.69 Å². The molecule has 0 saturated carbocycles. The van der Waals surface area contributed by atoms with Crippen molar-refractivity contribution in [2.24, 2.45) is 0 Å². The third kappa shape index (κ3) is 1.79. The number of halogens is 1. The molecule has 1 aromatic heterocycles. The molecule has 0 fully saturated rings. The number of nitrogens with zero attached hydrogens (tertiary/aromatic N) is 1. The van der Waals surface area contributed by atoms with Crippen LogP contribution in [0.2, 0.25) is 0 Å². The quantitative estimate of drug-likeness (QED) is 0.682. The van der Waals surface area contributed by atoms with Gasteiger partial charge in [0, 0.05) is 16.2 Å². The first kappa shape index (κ1) is 11.0. The van der Waals surface area contributed by atoms with Crippen LogP contribution in [0, 0.1) is 10.1 Å². The summed E-state index contributed by atoms with van der Waals surface area (Å²) in [7, 11) is 0. The van der Waals surface area contributed by atoms with E-state index >= 15 is 0 Å². The molecule has 0 spiro atoms. The maximum atomic E-state index is 10.7. The molecule has 0 unspecified atom stereocenters. The molecule has 1 heterocycles. The molecule has 0 saturated heterocycles. The van der Waals surface area contributed by atoms with Crippen LogP contribution in [0.25, 0.3) is 10.1 Å². The van der Waals surface area contributed by atoms with Crippen molar-refractivity contribution >= 4 is 49.0 Å². The molecule has 0 radical (unpaired) electrons. The smallest absolute Gasteiger partial charge is 0.345 e. The number of carboxylic acids is 1. The van der Waals surface area contributed by atoms with E-state index < -0.39 is 10.9 Å². The van der Waals surface area contributed by atoms with E-state index in [-0.39, 0.29) is 10.6 Å². The average Bonchev–Trinajstić information content (AvgIpc) is 2.58. The lowest BCUT2D eigenvalue weighted by molar-refractivity contribution is -0.385. The Hall–Kier alpha value is -1.47. The minimum atomic E-state index is -1.03. The third-order valence-electron chi connectivity index (χ3n) is 1.99. The molecular formula is C9H4BrNO4S. The molecule has 2 rings (SSSR count). The molecule has 1 aromatic carbocycles. The van der Waals surface area contributed by atoms with Gasteiger partial charge in [-0.15, -0.1) is 11.3 Å². The summed E-state index contributed by atoms with van der Waals surface area (Å²) in [6.45, 7) is 0. The van der Waals surface area contributed by atoms with Gasteiger partial charge in [-0.1, -0.05) is 0 Å². The van der Waals surface area contributed by atoms with Crippen LogP contribution in [0.15, 0.2) is 22.7 Å². The molecule has 0 aliphatic heterocycles. The van der Waals surface area contributed by atoms with E-state index in [2.05, 4.69) is 15.9 Å². The Morgan fingerprint density at radius 1 is 1.44 bits per heavy atom. The lowest BCUT2D eigenvalue weighted by atomic mass is 10.2. The van der Waals surface area contributed by atoms with Crippen LogP contribution >= 0.6 is 27.3 Å². The highest BCUT2D eigenvalue weighted by Gasteiger charge is 2.16. The van der Waals surface area contributed by atoms with E-state index in [0.29, 0.717) is 14.6 Å². The number of carbonyl (C=O) groups is 1. The third-order valence-corrected chi connectivity index (χ3v) is 3.71. The molecule has 0 bridgehead atoms. The molecule has 0 aliphatic carbocycles. The zero-order valence-electron chi connectivity index (χ0n) is 7.64. The Bertz CT molecular complexity index is 607. The van der Waals surface area contributed by atoms with E-state index in [0.717, 1.165) is 11.3 Å². The number of hydrogen-bond donors (Lipinski definition) is 1. The fourth-order valence-corrected chi connectivity index (χ4v) is 2.86. The first-order valence-corrected chi connectivity index (χ1v) is 5.71. The molecule has 0 aliphatic rings. The predicted molar refractivity (Wildman–Crippen MR) is 63.1 cm³/mol. The van der Waals surface area contributed by atoms with Gasteiger partial charge >= 0.3 is 5.97 Å². The Morgan fingerprint density at radius 2 is 2.12 bits per heavy atom. The number of nitro benzene ring substituents is 1. The highest BCUT2D eigenvalue weighted by Crippen LogP contribution is 2.34. The summed E-state index contributed by atoms with van der Waals surface area (Å²) in [5, 5.41) is 20.0. The maximum absolute atomic E-state index is 10.7. The zero-order chi connectivity index (χ0) is 11.9. The predicted octanol–water partition coefficient (Wildman–Crippen LogP) is 3.27. The minimum absolute atomic E-state index is 0.0674. The number of aromatic carboxylic acids is 1. The molecular weight excluding hydrogens is 298 g/mol. The van der Waals surface area contributed by atoms with Gasteiger partial charge in [-0.25, -0.2) is 4.79 Å². The molecule has 82 valence electrons. The molecule has 1 N–H and O–H groups in total. The van der Waals surface area contributed by atoms with Crippen LogP contribution in [0.5, 0.6) is 0 Å². The van der Waals surface area contributed by atoms with Gasteiger partial charge in [-0.05, 0) is 28.1 Å². The fourth-order valence-electron chi connectivity index (χ4n) is 1.30. The van der Waals surface area contributed by atoms with Crippen molar-refractivity contribution in [3.05, 3.63) is 37.7 Å². The molecule has 0 amide bonds. The second kappa shape index (κ2) is 3.84. The standard InChI is InChI=1S/C9H4BrNO4S/c10-5-3-7-4(1-6(5)11(14)15)2-8(16-7)9(12)13/h1-3H,(H,12,13). The summed E-state index contributed by atoms with van der Waals surface area (Å²) in [6, 6.07) is 4.36. The molecule has 7 heteroatoms. The van der Waals surface area contributed by atoms with Crippen LogP contribution in [-0.4, -0.2) is 16.0 Å². The topological polar surface area (TPSA) is 80.4 Å². The molecule has 16 heavy (non-hydrogen) atoms. The largest absolute Gasteiger partial charge is 0.477 e. The molecule has 2 aromatic rings. The number of nitro groups is 1. The number of rotatable bonds is 2. The van der Waals surface area contributed by atoms with E-state index in [4.69, 9.17) is 5.11 Å². The summed E-state index contributed by atoms with van der Waals surface area (Å²) in [6.07, 6.45) is 0. The minimum Gasteiger partial charge on any atom is -0.477 e. The van der Waals surface area contributed by atoms with Crippen LogP contribution in [-0.2, 0) is 0 Å². The second-order valence-corrected chi connectivity index (χ2v) is 4.95. The first-order valence-electron chi connectivity index (χ1n) is 4.10. The van der Waals surface area contributed by atoms with E-state index in [1.165, 1.54) is 12.1 Å². The Morgan fingerprint density at radius 3 is 2.69 bits per heavy atom. The van der Waals surface area contributed by atoms with E-state index in [1.807, 2.05) is 0 Å². The molecule has 0 atom stereocenters. The van der Waals surface area contributed by atoms with Gasteiger partial charge in [0.05, 0.1) is 9.40 Å². The molecule has 5 nitrogen and oxygen atoms in total. The summed E-state index contributed by atoms with van der Waals surface area (Å²) < 4.78 is 1.05. The lowest BCUT2D eigenvalue weighted by Gasteiger charge is -1.94. The number of carboxylic acid groups (broad SMARTS) is 1. The normalized spacial score (nSPS) is 10.6. The van der Waals surface area contributed by atoms with E-state index in [9.17, 15) is 14.9 Å². The van der Waals surface area contributed by atoms with Crippen molar-refractivity contribution in [1.29, 1.82) is 0 Å². The van der Waals surface area contributed by atoms with Gasteiger partial charge in [-0.3, -0.25) is 10.1 Å². The van der Waals surface area contributed by atoms with Crippen molar-refractivity contribution < 1.29 is 14.8 Å². The number of benzene rings is 1. The van der Waals surface area contributed by atoms with Gasteiger partial charge in [-0.2, -0.15) is 0 Å². The second-order valence-electron chi connectivity index (χ2n) is 3.01. The summed E-state index contributed by atoms with van der Waals surface area (Å²) >= 11 is 4.17. The highest BCUT2D eigenvalue weighted by molar-refractivity contribution is 9.10. The highest BCUT2D eigenvalue weighted by atomic mass is 79.9. The summed E-state index contributed by atoms with van der Waals surface area (Å²) in [5.41, 5.74) is -0.0674.